The molecule has 1 aromatic carbocycles. The number of amides is 2. The third-order valence-corrected chi connectivity index (χ3v) is 5.14. The molecule has 1 unspecified atom stereocenters. The van der Waals surface area contributed by atoms with Crippen LogP contribution in [-0.4, -0.2) is 87.3 Å². The predicted molar refractivity (Wildman–Crippen MR) is 84.5 cm³/mol. The van der Waals surface area contributed by atoms with Crippen LogP contribution in [-0.2, 0) is 19.9 Å². The second kappa shape index (κ2) is 6.62. The van der Waals surface area contributed by atoms with Crippen molar-refractivity contribution in [2.45, 2.75) is 24.5 Å². The summed E-state index contributed by atoms with van der Waals surface area (Å²) in [6.07, 6.45) is 0.254. The monoisotopic (exact) mass is 365 g/mol. The van der Waals surface area contributed by atoms with Crippen molar-refractivity contribution < 1.29 is 27.7 Å². The third-order valence-electron chi connectivity index (χ3n) is 4.19. The number of carbonyl (C=O) groups is 2. The van der Waals surface area contributed by atoms with Crippen LogP contribution in [0, 0.1) is 0 Å². The molecule has 9 nitrogen and oxygen atoms in total. The Kier molecular flexibility index (Phi) is 5.28. The molecule has 0 aliphatic carbocycles. The topological polar surface area (TPSA) is 141 Å². The van der Waals surface area contributed by atoms with Crippen LogP contribution in [0.25, 0.3) is 0 Å². The molecule has 126 valence electrons. The summed E-state index contributed by atoms with van der Waals surface area (Å²) in [6, 6.07) is 3.10. The van der Waals surface area contributed by atoms with Gasteiger partial charge < -0.3 is 15.7 Å². The molecule has 11 heteroatoms. The molecule has 2 saturated heterocycles. The van der Waals surface area contributed by atoms with E-state index in [1.165, 1.54) is 29.2 Å². The number of carbonyl (C=O) groups excluding carboxylic acids is 2. The Morgan fingerprint density at radius 2 is 1.88 bits per heavy atom. The van der Waals surface area contributed by atoms with Crippen molar-refractivity contribution in [2.75, 3.05) is 6.54 Å². The van der Waals surface area contributed by atoms with E-state index in [0.29, 0.717) is 9.87 Å². The van der Waals surface area contributed by atoms with Gasteiger partial charge in [-0.1, -0.05) is 12.1 Å². The number of hydrogen-bond acceptors (Lipinski definition) is 6. The molecule has 2 fully saturated rings. The number of phenolic OH excluding ortho intramolecular Hbond substituents is 1. The number of rotatable bonds is 3. The van der Waals surface area contributed by atoms with E-state index in [0.717, 1.165) is 0 Å². The van der Waals surface area contributed by atoms with E-state index in [1.807, 2.05) is 0 Å². The van der Waals surface area contributed by atoms with Crippen LogP contribution in [0.2, 0.25) is 0 Å². The quantitative estimate of drug-likeness (QED) is 0.331. The van der Waals surface area contributed by atoms with Crippen LogP contribution >= 0.6 is 0 Å². The van der Waals surface area contributed by atoms with Crippen LogP contribution in [0.3, 0.4) is 0 Å². The first-order chi connectivity index (χ1) is 10.7. The summed E-state index contributed by atoms with van der Waals surface area (Å²) >= 11 is 0. The number of fused-ring (bicyclic) bond motifs is 1. The van der Waals surface area contributed by atoms with Gasteiger partial charge in [-0.25, -0.2) is 4.31 Å². The zero-order valence-electron chi connectivity index (χ0n) is 11.9. The van der Waals surface area contributed by atoms with E-state index in [-0.39, 0.29) is 48.3 Å². The van der Waals surface area contributed by atoms with Crippen molar-refractivity contribution in [1.29, 1.82) is 0 Å². The summed E-state index contributed by atoms with van der Waals surface area (Å²) in [5.41, 5.74) is 6.37. The molecule has 4 N–H and O–H groups in total. The summed E-state index contributed by atoms with van der Waals surface area (Å²) < 4.78 is 31.7. The van der Waals surface area contributed by atoms with Crippen molar-refractivity contribution >= 4 is 51.7 Å². The van der Waals surface area contributed by atoms with Crippen molar-refractivity contribution in [2.24, 2.45) is 5.73 Å². The molecule has 0 spiro atoms. The van der Waals surface area contributed by atoms with Crippen molar-refractivity contribution in [1.82, 2.24) is 9.21 Å². The van der Waals surface area contributed by atoms with Crippen molar-refractivity contribution in [3.8, 4) is 5.75 Å². The van der Waals surface area contributed by atoms with Gasteiger partial charge in [0.05, 0.1) is 6.04 Å². The van der Waals surface area contributed by atoms with Crippen LogP contribution in [0.4, 0.5) is 0 Å². The first-order valence-corrected chi connectivity index (χ1v) is 8.27. The number of aromatic hydroxyl groups is 1. The molecule has 0 saturated carbocycles. The molecular weight excluding hydrogens is 349 g/mol. The molecular formula is C13H16N3NaO6S. The molecule has 2 aliphatic heterocycles. The molecule has 2 aliphatic rings. The normalized spacial score (nSPS) is 24.0. The van der Waals surface area contributed by atoms with Crippen molar-refractivity contribution in [3.05, 3.63) is 29.8 Å². The van der Waals surface area contributed by atoms with E-state index in [9.17, 15) is 23.1 Å². The molecule has 2 heterocycles. The van der Waals surface area contributed by atoms with Gasteiger partial charge in [-0.15, -0.1) is 0 Å². The molecule has 2 amide bonds. The first kappa shape index (κ1) is 19.2. The summed E-state index contributed by atoms with van der Waals surface area (Å²) in [4.78, 5) is 25.6. The predicted octanol–water partition coefficient (Wildman–Crippen LogP) is -1.64. The molecule has 0 bridgehead atoms. The van der Waals surface area contributed by atoms with Crippen LogP contribution < -0.4 is 5.73 Å². The van der Waals surface area contributed by atoms with Gasteiger partial charge in [0.2, 0.25) is 5.91 Å². The van der Waals surface area contributed by atoms with E-state index in [4.69, 9.17) is 10.3 Å². The maximum absolute atomic E-state index is 12.5. The van der Waals surface area contributed by atoms with Crippen LogP contribution in [0.5, 0.6) is 5.75 Å². The Balaban J connectivity index is 0.00000208. The average Bonchev–Trinajstić information content (AvgIpc) is 2.83. The molecule has 0 aromatic heterocycles. The number of likely N-dealkylation sites (tertiary alicyclic amines) is 1. The second-order valence-electron chi connectivity index (χ2n) is 5.51. The Morgan fingerprint density at radius 3 is 2.42 bits per heavy atom. The number of phenols is 1. The fourth-order valence-electron chi connectivity index (χ4n) is 3.07. The van der Waals surface area contributed by atoms with Gasteiger partial charge in [0.1, 0.15) is 17.8 Å². The van der Waals surface area contributed by atoms with Gasteiger partial charge in [-0.05, 0) is 24.1 Å². The fraction of sp³-hybridized carbons (Fsp3) is 0.385. The maximum atomic E-state index is 12.5. The average molecular weight is 365 g/mol. The number of β-lactam (4-membered cyclic amide) rings is 1. The molecule has 0 radical (unpaired) electrons. The van der Waals surface area contributed by atoms with E-state index in [1.54, 1.807) is 0 Å². The number of hydrogen-bond donors (Lipinski definition) is 3. The van der Waals surface area contributed by atoms with Gasteiger partial charge >= 0.3 is 39.9 Å². The second-order valence-corrected chi connectivity index (χ2v) is 6.80. The minimum atomic E-state index is -4.61. The Bertz CT molecular complexity index is 768. The first-order valence-electron chi connectivity index (χ1n) is 6.87. The van der Waals surface area contributed by atoms with E-state index in [2.05, 4.69) is 0 Å². The van der Waals surface area contributed by atoms with Gasteiger partial charge in [0, 0.05) is 6.54 Å². The number of nitrogens with two attached hydrogens (primary N) is 1. The van der Waals surface area contributed by atoms with Gasteiger partial charge in [-0.3, -0.25) is 14.1 Å². The molecule has 3 atom stereocenters. The van der Waals surface area contributed by atoms with Gasteiger partial charge in [-0.2, -0.15) is 8.42 Å². The SMILES string of the molecule is NC(C(=O)N1CC[C@@H]2[C@H]1C(=O)N2S(=O)(=O)O)c1ccc(O)cc1.[NaH]. The molecule has 3 rings (SSSR count). The Hall–Kier alpha value is -1.17. The van der Waals surface area contributed by atoms with E-state index < -0.39 is 40.2 Å². The number of benzene rings is 1. The van der Waals surface area contributed by atoms with Crippen LogP contribution in [0.15, 0.2) is 24.3 Å². The van der Waals surface area contributed by atoms with Gasteiger partial charge in [0.15, 0.2) is 0 Å². The summed E-state index contributed by atoms with van der Waals surface area (Å²) in [5, 5.41) is 9.25. The molecule has 1 aromatic rings. The standard InChI is InChI=1S/C13H15N3O6S.Na.H/c14-10(7-1-3-8(17)4-2-7)12(18)15-6-5-9-11(15)13(19)16(9)23(20,21)22;;/h1-4,9-11,17H,5-6,14H2,(H,20,21,22);;/t9-,10?,11+;;/m1../s1. The van der Waals surface area contributed by atoms with Crippen LogP contribution in [0.1, 0.15) is 18.0 Å². The fourth-order valence-corrected chi connectivity index (χ4v) is 3.96. The van der Waals surface area contributed by atoms with E-state index >= 15 is 0 Å². The number of nitrogens with zero attached hydrogens (tertiary/aromatic N) is 2. The zero-order valence-corrected chi connectivity index (χ0v) is 12.7. The Morgan fingerprint density at radius 1 is 1.29 bits per heavy atom. The summed E-state index contributed by atoms with van der Waals surface area (Å²) in [7, 11) is -4.61. The Labute approximate surface area is 160 Å². The molecule has 24 heavy (non-hydrogen) atoms. The summed E-state index contributed by atoms with van der Waals surface area (Å²) in [6.45, 7) is 0.178. The van der Waals surface area contributed by atoms with Gasteiger partial charge in [0.25, 0.3) is 5.91 Å². The van der Waals surface area contributed by atoms with Crippen molar-refractivity contribution in [3.63, 3.8) is 0 Å². The zero-order chi connectivity index (χ0) is 16.9. The third kappa shape index (κ3) is 3.05. The summed E-state index contributed by atoms with van der Waals surface area (Å²) in [5.74, 6) is -1.31. The minimum absolute atomic E-state index is 0.